The second-order valence-electron chi connectivity index (χ2n) is 7.19. The van der Waals surface area contributed by atoms with Crippen LogP contribution in [0, 0.1) is 5.92 Å². The summed E-state index contributed by atoms with van der Waals surface area (Å²) >= 11 is 0. The number of esters is 1. The first-order chi connectivity index (χ1) is 14.2. The van der Waals surface area contributed by atoms with E-state index in [1.807, 2.05) is 51.1 Å². The molecule has 0 aliphatic rings. The second kappa shape index (κ2) is 10.5. The van der Waals surface area contributed by atoms with Gasteiger partial charge in [0.15, 0.2) is 17.2 Å². The molecule has 0 fully saturated rings. The molecule has 2 aromatic rings. The number of pyridine rings is 1. The van der Waals surface area contributed by atoms with Crippen LogP contribution in [0.4, 0.5) is 0 Å². The monoisotopic (exact) mass is 416 g/mol. The van der Waals surface area contributed by atoms with Crippen LogP contribution in [0.3, 0.4) is 0 Å². The minimum absolute atomic E-state index is 0.0142. The van der Waals surface area contributed by atoms with Crippen LogP contribution in [0.15, 0.2) is 42.6 Å². The van der Waals surface area contributed by atoms with Gasteiger partial charge in [0.25, 0.3) is 5.91 Å². The molecule has 1 aromatic heterocycles. The molecule has 8 heteroatoms. The number of nitrogens with one attached hydrogen (secondary N) is 1. The molecule has 0 aliphatic carbocycles. The maximum Gasteiger partial charge on any atom is 0.328 e. The third-order valence-electron chi connectivity index (χ3n) is 4.46. The topological polar surface area (TPSA) is 107 Å². The van der Waals surface area contributed by atoms with Crippen molar-refractivity contribution in [2.45, 2.75) is 45.9 Å². The molecule has 0 aliphatic heterocycles. The van der Waals surface area contributed by atoms with Crippen molar-refractivity contribution in [3.8, 4) is 17.2 Å². The van der Waals surface area contributed by atoms with E-state index in [1.54, 1.807) is 0 Å². The van der Waals surface area contributed by atoms with Crippen LogP contribution in [-0.4, -0.2) is 47.3 Å². The molecule has 0 unspecified atom stereocenters. The number of methoxy groups -OCH3 is 1. The predicted molar refractivity (Wildman–Crippen MR) is 111 cm³/mol. The fraction of sp³-hybridized carbons (Fsp3) is 0.409. The van der Waals surface area contributed by atoms with Gasteiger partial charge in [0, 0.05) is 12.3 Å². The summed E-state index contributed by atoms with van der Waals surface area (Å²) in [4.78, 5) is 28.9. The third kappa shape index (κ3) is 5.85. The molecule has 0 radical (unpaired) electrons. The SMILES string of the molecule is COc1ccnc(C(=O)N[C@@H](C)C(=O)O[C@@H](C(C)C)[C@H](C)Oc2ccccc2)c1O. The maximum atomic E-state index is 12.6. The summed E-state index contributed by atoms with van der Waals surface area (Å²) in [6.45, 7) is 7.17. The fourth-order valence-electron chi connectivity index (χ4n) is 2.88. The van der Waals surface area contributed by atoms with Gasteiger partial charge in [-0.05, 0) is 31.9 Å². The Bertz CT molecular complexity index is 856. The second-order valence-corrected chi connectivity index (χ2v) is 7.19. The molecule has 2 N–H and O–H groups in total. The van der Waals surface area contributed by atoms with Crippen LogP contribution in [0.1, 0.15) is 38.2 Å². The summed E-state index contributed by atoms with van der Waals surface area (Å²) in [5.41, 5.74) is -0.241. The Labute approximate surface area is 176 Å². The fourth-order valence-corrected chi connectivity index (χ4v) is 2.88. The number of aromatic nitrogens is 1. The van der Waals surface area contributed by atoms with Gasteiger partial charge in [-0.25, -0.2) is 9.78 Å². The van der Waals surface area contributed by atoms with Crippen LogP contribution >= 0.6 is 0 Å². The molecular formula is C22H28N2O6. The van der Waals surface area contributed by atoms with E-state index in [0.29, 0.717) is 5.75 Å². The molecule has 30 heavy (non-hydrogen) atoms. The van der Waals surface area contributed by atoms with E-state index in [-0.39, 0.29) is 17.4 Å². The van der Waals surface area contributed by atoms with Gasteiger partial charge in [-0.1, -0.05) is 32.0 Å². The van der Waals surface area contributed by atoms with Crippen LogP contribution in [0.25, 0.3) is 0 Å². The van der Waals surface area contributed by atoms with Crippen molar-refractivity contribution in [3.63, 3.8) is 0 Å². The van der Waals surface area contributed by atoms with Gasteiger partial charge in [-0.15, -0.1) is 0 Å². The molecule has 3 atom stereocenters. The smallest absolute Gasteiger partial charge is 0.328 e. The van der Waals surface area contributed by atoms with Crippen LogP contribution in [-0.2, 0) is 9.53 Å². The lowest BCUT2D eigenvalue weighted by molar-refractivity contribution is -0.158. The molecule has 0 saturated heterocycles. The molecule has 1 heterocycles. The van der Waals surface area contributed by atoms with E-state index in [1.165, 1.54) is 26.3 Å². The van der Waals surface area contributed by atoms with Gasteiger partial charge in [-0.2, -0.15) is 0 Å². The highest BCUT2D eigenvalue weighted by molar-refractivity contribution is 5.97. The Morgan fingerprint density at radius 2 is 1.73 bits per heavy atom. The predicted octanol–water partition coefficient (Wildman–Crippen LogP) is 2.95. The first kappa shape index (κ1) is 23.0. The molecule has 162 valence electrons. The number of carbonyl (C=O) groups excluding carboxylic acids is 2. The lowest BCUT2D eigenvalue weighted by atomic mass is 10.0. The Kier molecular flexibility index (Phi) is 8.03. The summed E-state index contributed by atoms with van der Waals surface area (Å²) in [6.07, 6.45) is 0.400. The van der Waals surface area contributed by atoms with Crippen LogP contribution < -0.4 is 14.8 Å². The highest BCUT2D eigenvalue weighted by Gasteiger charge is 2.30. The van der Waals surface area contributed by atoms with Gasteiger partial charge < -0.3 is 24.6 Å². The zero-order valence-electron chi connectivity index (χ0n) is 17.8. The Morgan fingerprint density at radius 3 is 2.33 bits per heavy atom. The molecule has 1 amide bonds. The summed E-state index contributed by atoms with van der Waals surface area (Å²) in [7, 11) is 1.36. The van der Waals surface area contributed by atoms with E-state index in [9.17, 15) is 14.7 Å². The van der Waals surface area contributed by atoms with Gasteiger partial charge in [0.2, 0.25) is 0 Å². The molecule has 0 spiro atoms. The largest absolute Gasteiger partial charge is 0.503 e. The summed E-state index contributed by atoms with van der Waals surface area (Å²) in [5.74, 6) is -0.967. The molecule has 0 saturated carbocycles. The number of rotatable bonds is 9. The molecule has 8 nitrogen and oxygen atoms in total. The summed E-state index contributed by atoms with van der Waals surface area (Å²) < 4.78 is 16.5. The number of amides is 1. The number of ether oxygens (including phenoxy) is 3. The van der Waals surface area contributed by atoms with E-state index >= 15 is 0 Å². The van der Waals surface area contributed by atoms with E-state index in [2.05, 4.69) is 10.3 Å². The lowest BCUT2D eigenvalue weighted by Gasteiger charge is -2.29. The number of para-hydroxylation sites is 1. The number of aromatic hydroxyl groups is 1. The van der Waals surface area contributed by atoms with Crippen molar-refractivity contribution >= 4 is 11.9 Å². The molecular weight excluding hydrogens is 388 g/mol. The number of carbonyl (C=O) groups is 2. The van der Waals surface area contributed by atoms with Gasteiger partial charge in [0.1, 0.15) is 24.0 Å². The molecule has 2 rings (SSSR count). The van der Waals surface area contributed by atoms with Crippen molar-refractivity contribution in [2.24, 2.45) is 5.92 Å². The van der Waals surface area contributed by atoms with Gasteiger partial charge >= 0.3 is 5.97 Å². The van der Waals surface area contributed by atoms with Gasteiger partial charge in [0.05, 0.1) is 7.11 Å². The first-order valence-corrected chi connectivity index (χ1v) is 9.69. The zero-order valence-corrected chi connectivity index (χ0v) is 17.8. The van der Waals surface area contributed by atoms with E-state index in [4.69, 9.17) is 14.2 Å². The number of hydrogen-bond donors (Lipinski definition) is 2. The quantitative estimate of drug-likeness (QED) is 0.605. The standard InChI is InChI=1S/C22H28N2O6/c1-13(2)20(15(4)29-16-9-7-6-8-10-16)30-22(27)14(3)24-21(26)18-19(25)17(28-5)11-12-23-18/h6-15,20,25H,1-5H3,(H,24,26)/t14-,15-,20-/m0/s1. The molecule has 0 bridgehead atoms. The minimum Gasteiger partial charge on any atom is -0.503 e. The van der Waals surface area contributed by atoms with Crippen molar-refractivity contribution in [2.75, 3.05) is 7.11 Å². The maximum absolute atomic E-state index is 12.6. The Hall–Kier alpha value is -3.29. The Balaban J connectivity index is 2.02. The average Bonchev–Trinajstić information content (AvgIpc) is 2.72. The van der Waals surface area contributed by atoms with Crippen LogP contribution in [0.5, 0.6) is 17.2 Å². The highest BCUT2D eigenvalue weighted by Crippen LogP contribution is 2.27. The van der Waals surface area contributed by atoms with Crippen molar-refractivity contribution in [1.82, 2.24) is 10.3 Å². The van der Waals surface area contributed by atoms with Crippen molar-refractivity contribution < 1.29 is 28.9 Å². The van der Waals surface area contributed by atoms with Crippen molar-refractivity contribution in [3.05, 3.63) is 48.3 Å². The number of hydrogen-bond acceptors (Lipinski definition) is 7. The average molecular weight is 416 g/mol. The third-order valence-corrected chi connectivity index (χ3v) is 4.46. The van der Waals surface area contributed by atoms with E-state index in [0.717, 1.165) is 0 Å². The normalized spacial score (nSPS) is 13.8. The van der Waals surface area contributed by atoms with Crippen molar-refractivity contribution in [1.29, 1.82) is 0 Å². The molecule has 1 aromatic carbocycles. The van der Waals surface area contributed by atoms with Gasteiger partial charge in [-0.3, -0.25) is 4.79 Å². The first-order valence-electron chi connectivity index (χ1n) is 9.69. The Morgan fingerprint density at radius 1 is 1.07 bits per heavy atom. The zero-order chi connectivity index (χ0) is 22.3. The summed E-state index contributed by atoms with van der Waals surface area (Å²) in [5, 5.41) is 12.5. The van der Waals surface area contributed by atoms with Crippen LogP contribution in [0.2, 0.25) is 0 Å². The summed E-state index contributed by atoms with van der Waals surface area (Å²) in [6, 6.07) is 9.71. The number of nitrogens with zero attached hydrogens (tertiary/aromatic N) is 1. The lowest BCUT2D eigenvalue weighted by Crippen LogP contribution is -2.45. The highest BCUT2D eigenvalue weighted by atomic mass is 16.6. The van der Waals surface area contributed by atoms with E-state index < -0.39 is 35.9 Å². The minimum atomic E-state index is -0.963. The number of benzene rings is 1.